The van der Waals surface area contributed by atoms with E-state index < -0.39 is 5.25 Å². The van der Waals surface area contributed by atoms with E-state index in [1.165, 1.54) is 11.8 Å². The first kappa shape index (κ1) is 20.2. The number of amides is 2. The minimum absolute atomic E-state index is 0.0517. The third-order valence-corrected chi connectivity index (χ3v) is 5.80. The molecule has 0 spiro atoms. The van der Waals surface area contributed by atoms with Crippen molar-refractivity contribution < 1.29 is 14.3 Å². The van der Waals surface area contributed by atoms with Gasteiger partial charge in [0.2, 0.25) is 11.8 Å². The van der Waals surface area contributed by atoms with E-state index >= 15 is 0 Å². The Balaban J connectivity index is 1.59. The first-order valence-corrected chi connectivity index (χ1v) is 9.92. The lowest BCUT2D eigenvalue weighted by molar-refractivity contribution is -0.122. The monoisotopic (exact) mass is 417 g/mol. The number of para-hydroxylation sites is 1. The van der Waals surface area contributed by atoms with Crippen LogP contribution >= 0.6 is 23.4 Å². The van der Waals surface area contributed by atoms with E-state index in [0.29, 0.717) is 22.4 Å². The lowest BCUT2D eigenvalue weighted by Crippen LogP contribution is -2.28. The molecule has 1 fully saturated rings. The summed E-state index contributed by atoms with van der Waals surface area (Å²) in [6, 6.07) is 12.9. The minimum Gasteiger partial charge on any atom is -0.496 e. The molecule has 1 aliphatic rings. The van der Waals surface area contributed by atoms with Crippen LogP contribution in [0.4, 0.5) is 5.69 Å². The first-order chi connectivity index (χ1) is 13.5. The van der Waals surface area contributed by atoms with E-state index in [1.54, 1.807) is 25.3 Å². The summed E-state index contributed by atoms with van der Waals surface area (Å²) < 4.78 is 5.30. The quantitative estimate of drug-likeness (QED) is 0.749. The molecule has 146 valence electrons. The minimum atomic E-state index is -0.518. The van der Waals surface area contributed by atoms with Crippen LogP contribution in [-0.2, 0) is 16.1 Å². The van der Waals surface area contributed by atoms with Gasteiger partial charge in [0.25, 0.3) is 0 Å². The van der Waals surface area contributed by atoms with E-state index in [0.717, 1.165) is 16.9 Å². The Morgan fingerprint density at radius 1 is 1.29 bits per heavy atom. The lowest BCUT2D eigenvalue weighted by atomic mass is 10.2. The molecule has 0 bridgehead atoms. The van der Waals surface area contributed by atoms with Gasteiger partial charge in [0, 0.05) is 22.7 Å². The smallest absolute Gasteiger partial charge is 0.240 e. The molecule has 28 heavy (non-hydrogen) atoms. The van der Waals surface area contributed by atoms with Crippen molar-refractivity contribution in [1.82, 2.24) is 5.32 Å². The Kier molecular flexibility index (Phi) is 6.59. The van der Waals surface area contributed by atoms with Gasteiger partial charge >= 0.3 is 0 Å². The number of halogens is 1. The van der Waals surface area contributed by atoms with Gasteiger partial charge in [0.15, 0.2) is 5.17 Å². The van der Waals surface area contributed by atoms with Crippen LogP contribution in [0.2, 0.25) is 5.02 Å². The molecule has 0 aromatic heterocycles. The van der Waals surface area contributed by atoms with Gasteiger partial charge in [0.1, 0.15) is 11.0 Å². The average molecular weight is 418 g/mol. The maximum atomic E-state index is 12.3. The predicted molar refractivity (Wildman–Crippen MR) is 113 cm³/mol. The highest BCUT2D eigenvalue weighted by Crippen LogP contribution is 2.26. The molecule has 1 atom stereocenters. The zero-order chi connectivity index (χ0) is 20.1. The number of hydrogen-bond donors (Lipinski definition) is 2. The second-order valence-corrected chi connectivity index (χ2v) is 7.79. The van der Waals surface area contributed by atoms with Gasteiger partial charge in [-0.25, -0.2) is 0 Å². The van der Waals surface area contributed by atoms with Crippen LogP contribution in [-0.4, -0.2) is 29.3 Å². The van der Waals surface area contributed by atoms with Gasteiger partial charge in [-0.2, -0.15) is 0 Å². The fourth-order valence-electron chi connectivity index (χ4n) is 2.72. The molecule has 6 nitrogen and oxygen atoms in total. The molecule has 3 rings (SSSR count). The van der Waals surface area contributed by atoms with Gasteiger partial charge in [-0.15, -0.1) is 0 Å². The van der Waals surface area contributed by atoms with Gasteiger partial charge < -0.3 is 15.4 Å². The number of anilines is 1. The first-order valence-electron chi connectivity index (χ1n) is 8.66. The predicted octanol–water partition coefficient (Wildman–Crippen LogP) is 3.77. The number of carbonyl (C=O) groups excluding carboxylic acids is 2. The molecule has 2 amide bonds. The summed E-state index contributed by atoms with van der Waals surface area (Å²) in [6.45, 7) is 2.21. The molecule has 1 saturated heterocycles. The fourth-order valence-corrected chi connectivity index (χ4v) is 3.86. The molecule has 0 unspecified atom stereocenters. The van der Waals surface area contributed by atoms with Crippen molar-refractivity contribution in [2.45, 2.75) is 25.1 Å². The molecule has 0 aliphatic carbocycles. The maximum absolute atomic E-state index is 12.3. The van der Waals surface area contributed by atoms with Crippen molar-refractivity contribution >= 4 is 46.0 Å². The van der Waals surface area contributed by atoms with Crippen molar-refractivity contribution in [3.8, 4) is 5.75 Å². The van der Waals surface area contributed by atoms with Crippen LogP contribution in [0.15, 0.2) is 47.5 Å². The third kappa shape index (κ3) is 4.85. The fraction of sp³-hybridized carbons (Fsp3) is 0.250. The summed E-state index contributed by atoms with van der Waals surface area (Å²) in [5, 5.41) is 6.12. The summed E-state index contributed by atoms with van der Waals surface area (Å²) in [5.41, 5.74) is 2.36. The van der Waals surface area contributed by atoms with E-state index in [9.17, 15) is 9.59 Å². The Bertz CT molecular complexity index is 933. The molecule has 1 heterocycles. The second kappa shape index (κ2) is 9.12. The topological polar surface area (TPSA) is 79.8 Å². The number of carbonyl (C=O) groups is 2. The number of methoxy groups -OCH3 is 1. The largest absolute Gasteiger partial charge is 0.496 e. The van der Waals surface area contributed by atoms with Crippen LogP contribution in [0.1, 0.15) is 17.5 Å². The van der Waals surface area contributed by atoms with E-state index in [1.807, 2.05) is 31.2 Å². The maximum Gasteiger partial charge on any atom is 0.240 e. The Hall–Kier alpha value is -2.51. The Labute approximate surface area is 172 Å². The van der Waals surface area contributed by atoms with Crippen LogP contribution in [0.5, 0.6) is 5.75 Å². The summed E-state index contributed by atoms with van der Waals surface area (Å²) in [6.07, 6.45) is 0.0517. The van der Waals surface area contributed by atoms with Crippen LogP contribution in [0.3, 0.4) is 0 Å². The molecule has 2 aromatic rings. The number of thioether (sulfide) groups is 1. The second-order valence-electron chi connectivity index (χ2n) is 6.19. The molecule has 1 aliphatic heterocycles. The summed E-state index contributed by atoms with van der Waals surface area (Å²) >= 11 is 7.33. The van der Waals surface area contributed by atoms with Crippen molar-refractivity contribution in [3.05, 3.63) is 58.6 Å². The van der Waals surface area contributed by atoms with Gasteiger partial charge in [-0.3, -0.25) is 14.6 Å². The molecule has 2 N–H and O–H groups in total. The Morgan fingerprint density at radius 2 is 2.07 bits per heavy atom. The third-order valence-electron chi connectivity index (χ3n) is 4.27. The molecular weight excluding hydrogens is 398 g/mol. The van der Waals surface area contributed by atoms with Crippen LogP contribution < -0.4 is 15.4 Å². The zero-order valence-corrected chi connectivity index (χ0v) is 17.1. The lowest BCUT2D eigenvalue weighted by Gasteiger charge is -2.10. The standard InChI is InChI=1S/C20H20ClN3O3S/c1-12-14(21)7-5-8-15(12)23-18(25)10-17-19(26)24-20(28-17)22-11-13-6-3-4-9-16(13)27-2/h3-9,17H,10-11H2,1-2H3,(H,23,25)(H,22,24,26)/t17-/m0/s1. The molecular formula is C20H20ClN3O3S. The molecule has 8 heteroatoms. The van der Waals surface area contributed by atoms with E-state index in [4.69, 9.17) is 16.3 Å². The molecule has 0 saturated carbocycles. The van der Waals surface area contributed by atoms with Crippen molar-refractivity contribution in [2.75, 3.05) is 12.4 Å². The number of benzene rings is 2. The van der Waals surface area contributed by atoms with Crippen LogP contribution in [0.25, 0.3) is 0 Å². The Morgan fingerprint density at radius 3 is 2.86 bits per heavy atom. The molecule has 2 aromatic carbocycles. The highest BCUT2D eigenvalue weighted by atomic mass is 35.5. The summed E-state index contributed by atoms with van der Waals surface area (Å²) in [5.74, 6) is 0.278. The SMILES string of the molecule is COc1ccccc1CN=C1NC(=O)[C@H](CC(=O)Nc2cccc(Cl)c2C)S1. The summed E-state index contributed by atoms with van der Waals surface area (Å²) in [4.78, 5) is 29.0. The van der Waals surface area contributed by atoms with E-state index in [2.05, 4.69) is 15.6 Å². The normalized spacial score (nSPS) is 17.5. The number of nitrogens with one attached hydrogen (secondary N) is 2. The van der Waals surface area contributed by atoms with Gasteiger partial charge in [-0.1, -0.05) is 47.6 Å². The highest BCUT2D eigenvalue weighted by molar-refractivity contribution is 8.15. The number of amidine groups is 1. The zero-order valence-electron chi connectivity index (χ0n) is 15.5. The van der Waals surface area contributed by atoms with E-state index in [-0.39, 0.29) is 18.2 Å². The van der Waals surface area contributed by atoms with Crippen LogP contribution in [0, 0.1) is 6.92 Å². The molecule has 0 radical (unpaired) electrons. The van der Waals surface area contributed by atoms with Crippen molar-refractivity contribution in [1.29, 1.82) is 0 Å². The number of hydrogen-bond acceptors (Lipinski definition) is 5. The van der Waals surface area contributed by atoms with Gasteiger partial charge in [-0.05, 0) is 30.7 Å². The number of nitrogens with zero attached hydrogens (tertiary/aromatic N) is 1. The average Bonchev–Trinajstić information content (AvgIpc) is 3.03. The summed E-state index contributed by atoms with van der Waals surface area (Å²) in [7, 11) is 1.61. The highest BCUT2D eigenvalue weighted by Gasteiger charge is 2.32. The number of aliphatic imine (C=N–C) groups is 1. The van der Waals surface area contributed by atoms with Gasteiger partial charge in [0.05, 0.1) is 13.7 Å². The number of ether oxygens (including phenoxy) is 1. The van der Waals surface area contributed by atoms with Crippen molar-refractivity contribution in [2.24, 2.45) is 4.99 Å². The van der Waals surface area contributed by atoms with Crippen molar-refractivity contribution in [3.63, 3.8) is 0 Å². The number of rotatable bonds is 6.